The van der Waals surface area contributed by atoms with E-state index < -0.39 is 16.9 Å². The molecular weight excluding hydrogens is 280 g/mol. The summed E-state index contributed by atoms with van der Waals surface area (Å²) in [6, 6.07) is 0.590. The zero-order chi connectivity index (χ0) is 11.9. The van der Waals surface area contributed by atoms with Crippen LogP contribution in [0.4, 0.5) is 17.6 Å². The van der Waals surface area contributed by atoms with Gasteiger partial charge in [0, 0.05) is 11.8 Å². The molecule has 1 rings (SSSR count). The van der Waals surface area contributed by atoms with E-state index in [1.165, 1.54) is 0 Å². The number of halogens is 7. The van der Waals surface area contributed by atoms with Gasteiger partial charge in [0.05, 0.1) is 5.02 Å². The van der Waals surface area contributed by atoms with E-state index in [1.54, 1.807) is 0 Å². The van der Waals surface area contributed by atoms with Gasteiger partial charge >= 0.3 is 11.3 Å². The van der Waals surface area contributed by atoms with Crippen molar-refractivity contribution >= 4 is 34.8 Å². The first-order valence-corrected chi connectivity index (χ1v) is 4.55. The van der Waals surface area contributed by atoms with E-state index in [9.17, 15) is 17.6 Å². The van der Waals surface area contributed by atoms with Gasteiger partial charge in [0.2, 0.25) is 0 Å². The van der Waals surface area contributed by atoms with Crippen molar-refractivity contribution in [2.24, 2.45) is 0 Å². The Labute approximate surface area is 97.0 Å². The third-order valence-electron chi connectivity index (χ3n) is 1.51. The van der Waals surface area contributed by atoms with E-state index >= 15 is 0 Å². The summed E-state index contributed by atoms with van der Waals surface area (Å²) in [7, 11) is 0. The summed E-state index contributed by atoms with van der Waals surface area (Å²) in [5, 5.41) is -5.32. The summed E-state index contributed by atoms with van der Waals surface area (Å²) in [6.45, 7) is 0. The van der Waals surface area contributed by atoms with Crippen molar-refractivity contribution in [1.29, 1.82) is 0 Å². The Balaban J connectivity index is 3.22. The molecule has 84 valence electrons. The van der Waals surface area contributed by atoms with E-state index in [1.807, 2.05) is 0 Å². The molecule has 0 bridgehead atoms. The number of alkyl halides is 5. The van der Waals surface area contributed by atoms with Crippen molar-refractivity contribution in [2.45, 2.75) is 11.3 Å². The van der Waals surface area contributed by atoms with Gasteiger partial charge in [-0.1, -0.05) is 23.2 Å². The molecule has 1 nitrogen and oxygen atoms in total. The second-order valence-electron chi connectivity index (χ2n) is 2.57. The second kappa shape index (κ2) is 3.96. The number of hydrogen-bond donors (Lipinski definition) is 0. The van der Waals surface area contributed by atoms with Gasteiger partial charge in [-0.3, -0.25) is 0 Å². The molecule has 1 aromatic heterocycles. The van der Waals surface area contributed by atoms with Gasteiger partial charge in [0.1, 0.15) is 5.15 Å². The van der Waals surface area contributed by atoms with Crippen LogP contribution in [0.2, 0.25) is 10.2 Å². The van der Waals surface area contributed by atoms with E-state index in [-0.39, 0.29) is 10.2 Å². The van der Waals surface area contributed by atoms with Crippen molar-refractivity contribution in [3.63, 3.8) is 0 Å². The summed E-state index contributed by atoms with van der Waals surface area (Å²) < 4.78 is 50.6. The Morgan fingerprint density at radius 1 is 1.13 bits per heavy atom. The van der Waals surface area contributed by atoms with Crippen LogP contribution in [-0.2, 0) is 5.92 Å². The number of hydrogen-bond acceptors (Lipinski definition) is 1. The van der Waals surface area contributed by atoms with Crippen LogP contribution in [-0.4, -0.2) is 10.4 Å². The lowest BCUT2D eigenvalue weighted by Crippen LogP contribution is -2.32. The minimum Gasteiger partial charge on any atom is -0.242 e. The van der Waals surface area contributed by atoms with Crippen LogP contribution >= 0.6 is 34.8 Å². The van der Waals surface area contributed by atoms with Crippen molar-refractivity contribution in [2.75, 3.05) is 0 Å². The highest BCUT2D eigenvalue weighted by molar-refractivity contribution is 6.41. The quantitative estimate of drug-likeness (QED) is 0.447. The lowest BCUT2D eigenvalue weighted by atomic mass is 10.1. The maximum Gasteiger partial charge on any atom is 0.388 e. The largest absolute Gasteiger partial charge is 0.388 e. The summed E-state index contributed by atoms with van der Waals surface area (Å²) in [5.41, 5.74) is -1.10. The average Bonchev–Trinajstić information content (AvgIpc) is 2.07. The molecule has 0 aliphatic rings. The van der Waals surface area contributed by atoms with Crippen LogP contribution in [0, 0.1) is 0 Å². The molecule has 0 saturated carbocycles. The number of nitrogens with zero attached hydrogens (tertiary/aromatic N) is 1. The smallest absolute Gasteiger partial charge is 0.242 e. The summed E-state index contributed by atoms with van der Waals surface area (Å²) in [4.78, 5) is 3.22. The minimum absolute atomic E-state index is 0.255. The van der Waals surface area contributed by atoms with Gasteiger partial charge < -0.3 is 0 Å². The molecular formula is C7H2Cl3F4N. The molecule has 1 heterocycles. The highest BCUT2D eigenvalue weighted by atomic mass is 35.5. The topological polar surface area (TPSA) is 12.9 Å². The molecule has 0 radical (unpaired) electrons. The minimum atomic E-state index is -4.72. The molecule has 0 N–H and O–H groups in total. The Kier molecular flexibility index (Phi) is 3.38. The standard InChI is InChI=1S/C7H2Cl3F4N/c8-4-1-3(2-15-5(4)9)6(11,12)7(10,13)14/h1-2H. The average molecular weight is 282 g/mol. The van der Waals surface area contributed by atoms with E-state index in [4.69, 9.17) is 23.2 Å². The molecule has 15 heavy (non-hydrogen) atoms. The van der Waals surface area contributed by atoms with Crippen LogP contribution in [0.15, 0.2) is 12.3 Å². The third kappa shape index (κ3) is 2.46. The number of rotatable bonds is 2. The first-order valence-electron chi connectivity index (χ1n) is 3.42. The molecule has 0 amide bonds. The van der Waals surface area contributed by atoms with Gasteiger partial charge in [-0.05, 0) is 17.7 Å². The van der Waals surface area contributed by atoms with Gasteiger partial charge in [0.15, 0.2) is 0 Å². The zero-order valence-electron chi connectivity index (χ0n) is 6.75. The lowest BCUT2D eigenvalue weighted by Gasteiger charge is -2.21. The van der Waals surface area contributed by atoms with Gasteiger partial charge in [-0.2, -0.15) is 17.6 Å². The van der Waals surface area contributed by atoms with Crippen molar-refractivity contribution in [1.82, 2.24) is 4.98 Å². The third-order valence-corrected chi connectivity index (χ3v) is 2.44. The van der Waals surface area contributed by atoms with Crippen LogP contribution in [0.5, 0.6) is 0 Å². The first-order chi connectivity index (χ1) is 6.66. The summed E-state index contributed by atoms with van der Waals surface area (Å²) in [6.07, 6.45) is 0.491. The van der Waals surface area contributed by atoms with Gasteiger partial charge in [-0.15, -0.1) is 0 Å². The van der Waals surface area contributed by atoms with E-state index in [0.29, 0.717) is 12.3 Å². The van der Waals surface area contributed by atoms with Crippen LogP contribution in [0.25, 0.3) is 0 Å². The fraction of sp³-hybridized carbons (Fsp3) is 0.286. The molecule has 0 aromatic carbocycles. The maximum absolute atomic E-state index is 13.0. The molecule has 0 aliphatic heterocycles. The number of pyridine rings is 1. The normalized spacial score (nSPS) is 13.0. The second-order valence-corrected chi connectivity index (χ2v) is 3.81. The van der Waals surface area contributed by atoms with Crippen LogP contribution in [0.3, 0.4) is 0 Å². The highest BCUT2D eigenvalue weighted by Gasteiger charge is 2.56. The van der Waals surface area contributed by atoms with Gasteiger partial charge in [0.25, 0.3) is 0 Å². The molecule has 0 saturated heterocycles. The SMILES string of the molecule is FC(F)(Cl)C(F)(F)c1cnc(Cl)c(Cl)c1. The van der Waals surface area contributed by atoms with Crippen molar-refractivity contribution in [3.05, 3.63) is 28.0 Å². The molecule has 8 heteroatoms. The Bertz CT molecular complexity index is 377. The molecule has 0 unspecified atom stereocenters. The highest BCUT2D eigenvalue weighted by Crippen LogP contribution is 2.46. The molecule has 0 fully saturated rings. The number of aromatic nitrogens is 1. The monoisotopic (exact) mass is 281 g/mol. The van der Waals surface area contributed by atoms with Crippen LogP contribution < -0.4 is 0 Å². The van der Waals surface area contributed by atoms with Gasteiger partial charge in [-0.25, -0.2) is 4.98 Å². The van der Waals surface area contributed by atoms with Crippen molar-refractivity contribution in [3.8, 4) is 0 Å². The molecule has 1 aromatic rings. The Morgan fingerprint density at radius 2 is 1.67 bits per heavy atom. The maximum atomic E-state index is 13.0. The molecule has 0 spiro atoms. The first kappa shape index (κ1) is 12.8. The Hall–Kier alpha value is -0.260. The molecule has 0 atom stereocenters. The lowest BCUT2D eigenvalue weighted by molar-refractivity contribution is -0.164. The molecule has 0 aliphatic carbocycles. The van der Waals surface area contributed by atoms with E-state index in [0.717, 1.165) is 0 Å². The fourth-order valence-corrected chi connectivity index (χ4v) is 1.14. The van der Waals surface area contributed by atoms with Crippen molar-refractivity contribution < 1.29 is 17.6 Å². The fourth-order valence-electron chi connectivity index (χ4n) is 0.757. The predicted molar refractivity (Wildman–Crippen MR) is 49.0 cm³/mol. The summed E-state index contributed by atoms with van der Waals surface area (Å²) >= 11 is 15.0. The summed E-state index contributed by atoms with van der Waals surface area (Å²) in [5.74, 6) is -4.56. The Morgan fingerprint density at radius 3 is 2.07 bits per heavy atom. The zero-order valence-corrected chi connectivity index (χ0v) is 9.02. The van der Waals surface area contributed by atoms with E-state index in [2.05, 4.69) is 16.6 Å². The van der Waals surface area contributed by atoms with Crippen LogP contribution in [0.1, 0.15) is 5.56 Å². The predicted octanol–water partition coefficient (Wildman–Crippen LogP) is 4.31.